The van der Waals surface area contributed by atoms with E-state index >= 15 is 0 Å². The molecule has 2 fully saturated rings. The Morgan fingerprint density at radius 2 is 2.11 bits per heavy atom. The molecule has 0 aliphatic heterocycles. The van der Waals surface area contributed by atoms with Crippen molar-refractivity contribution in [2.75, 3.05) is 19.5 Å². The summed E-state index contributed by atoms with van der Waals surface area (Å²) in [4.78, 5) is 0. The maximum Gasteiger partial charge on any atom is 0.163 e. The van der Waals surface area contributed by atoms with Gasteiger partial charge in [-0.25, -0.2) is 0 Å². The minimum atomic E-state index is 0.718. The first-order chi connectivity index (χ1) is 9.26. The molecule has 0 spiro atoms. The van der Waals surface area contributed by atoms with Gasteiger partial charge in [0.05, 0.1) is 13.7 Å². The largest absolute Gasteiger partial charge is 0.493 e. The van der Waals surface area contributed by atoms with Crippen molar-refractivity contribution in [2.45, 2.75) is 32.1 Å². The maximum absolute atomic E-state index is 5.87. The fourth-order valence-electron chi connectivity index (χ4n) is 3.86. The van der Waals surface area contributed by atoms with E-state index in [-0.39, 0.29) is 0 Å². The average Bonchev–Trinajstić information content (AvgIpc) is 3.01. The van der Waals surface area contributed by atoms with E-state index in [1.165, 1.54) is 32.1 Å². The molecule has 1 aromatic rings. The predicted molar refractivity (Wildman–Crippen MR) is 76.5 cm³/mol. The highest BCUT2D eigenvalue weighted by Crippen LogP contribution is 2.49. The Hall–Kier alpha value is -1.38. The lowest BCUT2D eigenvalue weighted by Gasteiger charge is -2.21. The zero-order chi connectivity index (χ0) is 13.2. The fraction of sp³-hybridized carbons (Fsp3) is 0.625. The predicted octanol–water partition coefficient (Wildman–Crippen LogP) is 3.48. The van der Waals surface area contributed by atoms with Crippen molar-refractivity contribution in [3.05, 3.63) is 18.2 Å². The summed E-state index contributed by atoms with van der Waals surface area (Å²) in [5.41, 5.74) is 6.51. The lowest BCUT2D eigenvalue weighted by atomic mass is 9.87. The fourth-order valence-corrected chi connectivity index (χ4v) is 3.86. The molecule has 2 bridgehead atoms. The van der Waals surface area contributed by atoms with E-state index in [1.807, 2.05) is 18.2 Å². The van der Waals surface area contributed by atoms with E-state index in [0.29, 0.717) is 0 Å². The number of benzene rings is 1. The van der Waals surface area contributed by atoms with Crippen LogP contribution in [0.3, 0.4) is 0 Å². The first-order valence-corrected chi connectivity index (χ1v) is 7.32. The molecule has 0 heterocycles. The van der Waals surface area contributed by atoms with Crippen LogP contribution in [0.1, 0.15) is 32.1 Å². The van der Waals surface area contributed by atoms with Gasteiger partial charge in [-0.2, -0.15) is 0 Å². The Morgan fingerprint density at radius 1 is 1.21 bits per heavy atom. The third-order valence-electron chi connectivity index (χ3n) is 4.82. The topological polar surface area (TPSA) is 44.5 Å². The van der Waals surface area contributed by atoms with Gasteiger partial charge in [0.1, 0.15) is 0 Å². The molecule has 0 aromatic heterocycles. The molecule has 2 aliphatic carbocycles. The number of hydrogen-bond donors (Lipinski definition) is 1. The van der Waals surface area contributed by atoms with Crippen LogP contribution in [-0.2, 0) is 0 Å². The number of ether oxygens (including phenoxy) is 2. The number of methoxy groups -OCH3 is 1. The highest BCUT2D eigenvalue weighted by Gasteiger charge is 2.38. The normalized spacial score (nSPS) is 28.6. The monoisotopic (exact) mass is 261 g/mol. The van der Waals surface area contributed by atoms with Gasteiger partial charge in [0, 0.05) is 11.8 Å². The summed E-state index contributed by atoms with van der Waals surface area (Å²) in [6, 6.07) is 5.55. The Morgan fingerprint density at radius 3 is 2.79 bits per heavy atom. The molecule has 2 aliphatic rings. The zero-order valence-electron chi connectivity index (χ0n) is 11.6. The molecule has 3 heteroatoms. The first kappa shape index (κ1) is 12.6. The van der Waals surface area contributed by atoms with Crippen molar-refractivity contribution < 1.29 is 9.47 Å². The summed E-state index contributed by atoms with van der Waals surface area (Å²) in [6.07, 6.45) is 6.95. The Labute approximate surface area is 115 Å². The summed E-state index contributed by atoms with van der Waals surface area (Å²) in [7, 11) is 1.66. The minimum Gasteiger partial charge on any atom is -0.493 e. The molecule has 19 heavy (non-hydrogen) atoms. The van der Waals surface area contributed by atoms with Gasteiger partial charge in [-0.1, -0.05) is 6.42 Å². The number of nitrogens with two attached hydrogens (primary N) is 1. The molecule has 2 N–H and O–H groups in total. The Kier molecular flexibility index (Phi) is 3.54. The smallest absolute Gasteiger partial charge is 0.163 e. The van der Waals surface area contributed by atoms with Gasteiger partial charge in [-0.3, -0.25) is 0 Å². The van der Waals surface area contributed by atoms with Crippen LogP contribution in [0.5, 0.6) is 11.5 Å². The van der Waals surface area contributed by atoms with Crippen molar-refractivity contribution in [1.82, 2.24) is 0 Å². The number of fused-ring (bicyclic) bond motifs is 2. The summed E-state index contributed by atoms with van der Waals surface area (Å²) in [6.45, 7) is 0.772. The van der Waals surface area contributed by atoms with Crippen LogP contribution in [0.2, 0.25) is 0 Å². The van der Waals surface area contributed by atoms with E-state index in [9.17, 15) is 0 Å². The second kappa shape index (κ2) is 5.32. The molecule has 0 radical (unpaired) electrons. The molecule has 104 valence electrons. The molecule has 3 rings (SSSR count). The van der Waals surface area contributed by atoms with Crippen molar-refractivity contribution in [3.63, 3.8) is 0 Å². The highest BCUT2D eigenvalue weighted by molar-refractivity contribution is 5.51. The second-order valence-electron chi connectivity index (χ2n) is 5.98. The summed E-state index contributed by atoms with van der Waals surface area (Å²) in [5.74, 6) is 4.40. The number of anilines is 1. The van der Waals surface area contributed by atoms with E-state index in [2.05, 4.69) is 0 Å². The van der Waals surface area contributed by atoms with E-state index < -0.39 is 0 Å². The summed E-state index contributed by atoms with van der Waals surface area (Å²) in [5, 5.41) is 0. The van der Waals surface area contributed by atoms with Gasteiger partial charge >= 0.3 is 0 Å². The van der Waals surface area contributed by atoms with Crippen LogP contribution in [0.4, 0.5) is 5.69 Å². The van der Waals surface area contributed by atoms with E-state index in [4.69, 9.17) is 15.2 Å². The van der Waals surface area contributed by atoms with Crippen LogP contribution in [0.15, 0.2) is 18.2 Å². The van der Waals surface area contributed by atoms with Crippen molar-refractivity contribution in [2.24, 2.45) is 17.8 Å². The minimum absolute atomic E-state index is 0.718. The third-order valence-corrected chi connectivity index (χ3v) is 4.82. The van der Waals surface area contributed by atoms with Crippen molar-refractivity contribution in [1.29, 1.82) is 0 Å². The number of rotatable bonds is 5. The Bertz CT molecular complexity index is 446. The summed E-state index contributed by atoms with van der Waals surface area (Å²) >= 11 is 0. The SMILES string of the molecule is COc1ccc(N)cc1OCC[C@@H]1C[C@@H]2CC[C@H]1C2. The molecule has 1 aromatic carbocycles. The Balaban J connectivity index is 1.53. The molecule has 0 unspecified atom stereocenters. The van der Waals surface area contributed by atoms with Gasteiger partial charge in [0.25, 0.3) is 0 Å². The molecular formula is C16H23NO2. The molecule has 0 amide bonds. The van der Waals surface area contributed by atoms with Crippen molar-refractivity contribution >= 4 is 5.69 Å². The molecule has 3 atom stereocenters. The van der Waals surface area contributed by atoms with Crippen LogP contribution in [0, 0.1) is 17.8 Å². The lowest BCUT2D eigenvalue weighted by molar-refractivity contribution is 0.228. The maximum atomic E-state index is 5.87. The number of hydrogen-bond acceptors (Lipinski definition) is 3. The van der Waals surface area contributed by atoms with Gasteiger partial charge < -0.3 is 15.2 Å². The second-order valence-corrected chi connectivity index (χ2v) is 5.98. The van der Waals surface area contributed by atoms with Crippen LogP contribution >= 0.6 is 0 Å². The molecule has 2 saturated carbocycles. The first-order valence-electron chi connectivity index (χ1n) is 7.32. The van der Waals surface area contributed by atoms with Crippen LogP contribution in [-0.4, -0.2) is 13.7 Å². The van der Waals surface area contributed by atoms with Crippen molar-refractivity contribution in [3.8, 4) is 11.5 Å². The highest BCUT2D eigenvalue weighted by atomic mass is 16.5. The molecule has 0 saturated heterocycles. The van der Waals surface area contributed by atoms with Gasteiger partial charge in [-0.05, 0) is 55.6 Å². The van der Waals surface area contributed by atoms with Gasteiger partial charge in [0.2, 0.25) is 0 Å². The average molecular weight is 261 g/mol. The standard InChI is InChI=1S/C16H23NO2/c1-18-15-5-4-14(17)10-16(15)19-7-6-13-9-11-2-3-12(13)8-11/h4-5,10-13H,2-3,6-9,17H2,1H3/t11-,12+,13-/m1/s1. The van der Waals surface area contributed by atoms with Crippen LogP contribution < -0.4 is 15.2 Å². The number of nitrogen functional groups attached to an aromatic ring is 1. The molecular weight excluding hydrogens is 238 g/mol. The molecule has 3 nitrogen and oxygen atoms in total. The van der Waals surface area contributed by atoms with Crippen LogP contribution in [0.25, 0.3) is 0 Å². The lowest BCUT2D eigenvalue weighted by Crippen LogP contribution is -2.14. The zero-order valence-corrected chi connectivity index (χ0v) is 11.6. The van der Waals surface area contributed by atoms with E-state index in [1.54, 1.807) is 7.11 Å². The van der Waals surface area contributed by atoms with Gasteiger partial charge in [0.15, 0.2) is 11.5 Å². The third kappa shape index (κ3) is 2.65. The van der Waals surface area contributed by atoms with Gasteiger partial charge in [-0.15, -0.1) is 0 Å². The van der Waals surface area contributed by atoms with E-state index in [0.717, 1.165) is 41.5 Å². The quantitative estimate of drug-likeness (QED) is 0.825. The summed E-state index contributed by atoms with van der Waals surface area (Å²) < 4.78 is 11.2.